The molecule has 0 radical (unpaired) electrons. The van der Waals surface area contributed by atoms with Gasteiger partial charge >= 0.3 is 0 Å². The van der Waals surface area contributed by atoms with Crippen molar-refractivity contribution in [3.8, 4) is 6.07 Å². The van der Waals surface area contributed by atoms with Gasteiger partial charge in [0, 0.05) is 26.7 Å². The Labute approximate surface area is 177 Å². The SMILES string of the molecule is Cn1c(CN2CCC(C#N)(c3ccccc3)CC2)c(Cl)c(=O)n1C1CCCCC1. The quantitative estimate of drug-likeness (QED) is 0.747. The first kappa shape index (κ1) is 20.3. The summed E-state index contributed by atoms with van der Waals surface area (Å²) >= 11 is 6.50. The van der Waals surface area contributed by atoms with Gasteiger partial charge in [0.2, 0.25) is 0 Å². The normalized spacial score (nSPS) is 20.4. The topological polar surface area (TPSA) is 54.0 Å². The first-order valence-corrected chi connectivity index (χ1v) is 11.1. The van der Waals surface area contributed by atoms with Gasteiger partial charge in [-0.2, -0.15) is 5.26 Å². The van der Waals surface area contributed by atoms with Gasteiger partial charge in [-0.15, -0.1) is 0 Å². The van der Waals surface area contributed by atoms with E-state index in [1.807, 2.05) is 34.6 Å². The molecule has 0 bridgehead atoms. The van der Waals surface area contributed by atoms with Gasteiger partial charge in [0.05, 0.1) is 23.2 Å². The third-order valence-electron chi connectivity index (χ3n) is 6.91. The van der Waals surface area contributed by atoms with Crippen LogP contribution in [0.5, 0.6) is 0 Å². The Morgan fingerprint density at radius 1 is 1.14 bits per heavy atom. The molecule has 4 rings (SSSR count). The molecule has 2 aromatic rings. The number of rotatable bonds is 4. The van der Waals surface area contributed by atoms with Crippen LogP contribution in [0.4, 0.5) is 0 Å². The van der Waals surface area contributed by atoms with Crippen molar-refractivity contribution in [3.05, 3.63) is 57.0 Å². The molecule has 2 aliphatic rings. The lowest BCUT2D eigenvalue weighted by Crippen LogP contribution is -2.41. The molecule has 0 amide bonds. The zero-order valence-electron chi connectivity index (χ0n) is 17.1. The highest BCUT2D eigenvalue weighted by Gasteiger charge is 2.37. The summed E-state index contributed by atoms with van der Waals surface area (Å²) in [4.78, 5) is 15.2. The van der Waals surface area contributed by atoms with E-state index < -0.39 is 5.41 Å². The maximum atomic E-state index is 12.8. The molecule has 1 aromatic heterocycles. The number of benzene rings is 1. The van der Waals surface area contributed by atoms with Gasteiger partial charge in [-0.05, 0) is 31.2 Å². The van der Waals surface area contributed by atoms with Crippen molar-refractivity contribution in [3.63, 3.8) is 0 Å². The van der Waals surface area contributed by atoms with E-state index in [2.05, 4.69) is 23.1 Å². The van der Waals surface area contributed by atoms with Crippen LogP contribution in [0.25, 0.3) is 0 Å². The highest BCUT2D eigenvalue weighted by molar-refractivity contribution is 6.31. The number of likely N-dealkylation sites (tertiary alicyclic amines) is 1. The van der Waals surface area contributed by atoms with Crippen LogP contribution in [0.1, 0.15) is 62.2 Å². The first-order valence-electron chi connectivity index (χ1n) is 10.7. The second-order valence-electron chi connectivity index (χ2n) is 8.56. The minimum Gasteiger partial charge on any atom is -0.297 e. The Balaban J connectivity index is 1.50. The predicted molar refractivity (Wildman–Crippen MR) is 115 cm³/mol. The van der Waals surface area contributed by atoms with Gasteiger partial charge in [0.15, 0.2) is 0 Å². The molecule has 29 heavy (non-hydrogen) atoms. The number of nitriles is 1. The Bertz CT molecular complexity index is 942. The summed E-state index contributed by atoms with van der Waals surface area (Å²) in [6, 6.07) is 13.0. The Hall–Kier alpha value is -2.03. The number of hydrogen-bond donors (Lipinski definition) is 0. The highest BCUT2D eigenvalue weighted by Crippen LogP contribution is 2.36. The van der Waals surface area contributed by atoms with Crippen molar-refractivity contribution in [1.29, 1.82) is 5.26 Å². The maximum absolute atomic E-state index is 12.8. The number of aromatic nitrogens is 2. The molecule has 0 unspecified atom stereocenters. The molecule has 2 fully saturated rings. The van der Waals surface area contributed by atoms with Crippen LogP contribution >= 0.6 is 11.6 Å². The predicted octanol–water partition coefficient (Wildman–Crippen LogP) is 4.40. The number of halogens is 1. The summed E-state index contributed by atoms with van der Waals surface area (Å²) in [7, 11) is 1.96. The maximum Gasteiger partial charge on any atom is 0.286 e. The number of hydrogen-bond acceptors (Lipinski definition) is 3. The molecule has 1 saturated carbocycles. The van der Waals surface area contributed by atoms with E-state index in [-0.39, 0.29) is 11.6 Å². The molecular weight excluding hydrogens is 384 g/mol. The molecule has 2 heterocycles. The lowest BCUT2D eigenvalue weighted by Gasteiger charge is -2.37. The second kappa shape index (κ2) is 8.38. The lowest BCUT2D eigenvalue weighted by molar-refractivity contribution is 0.173. The zero-order valence-corrected chi connectivity index (χ0v) is 17.9. The van der Waals surface area contributed by atoms with Gasteiger partial charge < -0.3 is 0 Å². The van der Waals surface area contributed by atoms with E-state index in [9.17, 15) is 10.1 Å². The summed E-state index contributed by atoms with van der Waals surface area (Å²) in [5.74, 6) is 0. The van der Waals surface area contributed by atoms with E-state index in [0.717, 1.165) is 50.0 Å². The van der Waals surface area contributed by atoms with E-state index in [4.69, 9.17) is 11.6 Å². The largest absolute Gasteiger partial charge is 0.297 e. The fourth-order valence-corrected chi connectivity index (χ4v) is 5.34. The van der Waals surface area contributed by atoms with Crippen molar-refractivity contribution >= 4 is 11.6 Å². The number of nitrogens with zero attached hydrogens (tertiary/aromatic N) is 4. The Morgan fingerprint density at radius 2 is 1.79 bits per heavy atom. The van der Waals surface area contributed by atoms with Crippen LogP contribution in [-0.4, -0.2) is 27.4 Å². The van der Waals surface area contributed by atoms with Gasteiger partial charge in [-0.25, -0.2) is 4.68 Å². The van der Waals surface area contributed by atoms with Crippen LogP contribution < -0.4 is 5.56 Å². The van der Waals surface area contributed by atoms with E-state index >= 15 is 0 Å². The fraction of sp³-hybridized carbons (Fsp3) is 0.565. The standard InChI is InChI=1S/C23H29ClN4O/c1-26-20(21(24)22(29)28(26)19-10-6-3-7-11-19)16-27-14-12-23(17-25,13-15-27)18-8-4-2-5-9-18/h2,4-5,8-9,19H,3,6-7,10-16H2,1H3. The van der Waals surface area contributed by atoms with Crippen molar-refractivity contribution in [2.45, 2.75) is 62.9 Å². The first-order chi connectivity index (χ1) is 14.1. The average molecular weight is 413 g/mol. The molecule has 6 heteroatoms. The molecule has 1 aliphatic heterocycles. The van der Waals surface area contributed by atoms with Gasteiger partial charge in [-0.1, -0.05) is 61.2 Å². The van der Waals surface area contributed by atoms with Crippen LogP contribution in [0.2, 0.25) is 5.02 Å². The van der Waals surface area contributed by atoms with Crippen molar-refractivity contribution in [2.75, 3.05) is 13.1 Å². The molecule has 1 aromatic carbocycles. The Morgan fingerprint density at radius 3 is 2.41 bits per heavy atom. The third kappa shape index (κ3) is 3.76. The lowest BCUT2D eigenvalue weighted by atomic mass is 9.74. The molecule has 0 spiro atoms. The minimum atomic E-state index is -0.415. The van der Waals surface area contributed by atoms with Crippen molar-refractivity contribution in [2.24, 2.45) is 7.05 Å². The monoisotopic (exact) mass is 412 g/mol. The molecule has 5 nitrogen and oxygen atoms in total. The zero-order chi connectivity index (χ0) is 20.4. The van der Waals surface area contributed by atoms with Gasteiger partial charge in [-0.3, -0.25) is 14.4 Å². The van der Waals surface area contributed by atoms with Crippen molar-refractivity contribution < 1.29 is 0 Å². The average Bonchev–Trinajstić information content (AvgIpc) is 2.99. The minimum absolute atomic E-state index is 0.0521. The van der Waals surface area contributed by atoms with Crippen LogP contribution in [0, 0.1) is 11.3 Å². The summed E-state index contributed by atoms with van der Waals surface area (Å²) in [5.41, 5.74) is 1.53. The van der Waals surface area contributed by atoms with Crippen LogP contribution in [-0.2, 0) is 19.0 Å². The van der Waals surface area contributed by atoms with Crippen LogP contribution in [0.15, 0.2) is 35.1 Å². The van der Waals surface area contributed by atoms with E-state index in [1.54, 1.807) is 0 Å². The molecular formula is C23H29ClN4O. The van der Waals surface area contributed by atoms with E-state index in [1.165, 1.54) is 19.3 Å². The number of piperidine rings is 1. The highest BCUT2D eigenvalue weighted by atomic mass is 35.5. The van der Waals surface area contributed by atoms with Gasteiger partial charge in [0.25, 0.3) is 5.56 Å². The second-order valence-corrected chi connectivity index (χ2v) is 8.94. The smallest absolute Gasteiger partial charge is 0.286 e. The molecule has 1 aliphatic carbocycles. The molecule has 1 saturated heterocycles. The van der Waals surface area contributed by atoms with E-state index in [0.29, 0.717) is 11.6 Å². The molecule has 0 N–H and O–H groups in total. The van der Waals surface area contributed by atoms with Crippen molar-refractivity contribution in [1.82, 2.24) is 14.3 Å². The summed E-state index contributed by atoms with van der Waals surface area (Å²) < 4.78 is 3.87. The fourth-order valence-electron chi connectivity index (χ4n) is 5.07. The van der Waals surface area contributed by atoms with Gasteiger partial charge in [0.1, 0.15) is 5.02 Å². The molecule has 0 atom stereocenters. The molecule has 154 valence electrons. The summed E-state index contributed by atoms with van der Waals surface area (Å²) in [5, 5.41) is 10.3. The third-order valence-corrected chi connectivity index (χ3v) is 7.29. The summed E-state index contributed by atoms with van der Waals surface area (Å²) in [6.45, 7) is 2.30. The van der Waals surface area contributed by atoms with Crippen LogP contribution in [0.3, 0.4) is 0 Å². The summed E-state index contributed by atoms with van der Waals surface area (Å²) in [6.07, 6.45) is 7.31. The Kier molecular flexibility index (Phi) is 5.85.